The number of benzene rings is 3. The molecule has 3 aromatic rings. The Bertz CT molecular complexity index is 1260. The quantitative estimate of drug-likeness (QED) is 0.575. The Morgan fingerprint density at radius 2 is 1.71 bits per heavy atom. The van der Waals surface area contributed by atoms with E-state index in [1.54, 1.807) is 41.3 Å². The standard InChI is InChI=1S/C27H25N3O5/c31-25-14-20(17-30(25)22-9-10-23-24(15-22)35-12-11-34-23)26(32)28-16-18-5-4-6-19(13-18)27(33)29-21-7-2-1-3-8-21/h1-10,13,15,20H,11-12,14,16-17H2,(H,28,32)(H,29,33). The van der Waals surface area contributed by atoms with Crippen molar-refractivity contribution < 1.29 is 23.9 Å². The van der Waals surface area contributed by atoms with E-state index in [2.05, 4.69) is 10.6 Å². The normalized spacial score (nSPS) is 16.6. The second-order valence-electron chi connectivity index (χ2n) is 8.47. The topological polar surface area (TPSA) is 97.0 Å². The molecule has 2 heterocycles. The van der Waals surface area contributed by atoms with Crippen molar-refractivity contribution >= 4 is 29.1 Å². The molecule has 178 valence electrons. The number of hydrogen-bond donors (Lipinski definition) is 2. The predicted molar refractivity (Wildman–Crippen MR) is 131 cm³/mol. The van der Waals surface area contributed by atoms with Crippen LogP contribution in [0.5, 0.6) is 11.5 Å². The summed E-state index contributed by atoms with van der Waals surface area (Å²) in [6.07, 6.45) is 0.139. The highest BCUT2D eigenvalue weighted by Crippen LogP contribution is 2.36. The minimum Gasteiger partial charge on any atom is -0.486 e. The lowest BCUT2D eigenvalue weighted by Gasteiger charge is -2.22. The van der Waals surface area contributed by atoms with Gasteiger partial charge >= 0.3 is 0 Å². The van der Waals surface area contributed by atoms with Crippen LogP contribution in [0.3, 0.4) is 0 Å². The maximum Gasteiger partial charge on any atom is 0.255 e. The number of amides is 3. The first kappa shape index (κ1) is 22.5. The van der Waals surface area contributed by atoms with Gasteiger partial charge in [0.1, 0.15) is 13.2 Å². The summed E-state index contributed by atoms with van der Waals surface area (Å²) in [6.45, 7) is 1.52. The van der Waals surface area contributed by atoms with Crippen LogP contribution in [0.15, 0.2) is 72.8 Å². The zero-order chi connectivity index (χ0) is 24.2. The van der Waals surface area contributed by atoms with Gasteiger partial charge in [0, 0.05) is 42.5 Å². The molecule has 3 amide bonds. The maximum atomic E-state index is 12.8. The van der Waals surface area contributed by atoms with Crippen LogP contribution in [0.1, 0.15) is 22.3 Å². The van der Waals surface area contributed by atoms with Gasteiger partial charge in [0.2, 0.25) is 11.8 Å². The molecule has 0 spiro atoms. The Kier molecular flexibility index (Phi) is 6.34. The largest absolute Gasteiger partial charge is 0.486 e. The number of carbonyl (C=O) groups is 3. The summed E-state index contributed by atoms with van der Waals surface area (Å²) < 4.78 is 11.1. The number of para-hydroxylation sites is 1. The van der Waals surface area contributed by atoms with Crippen LogP contribution in [0.2, 0.25) is 0 Å². The Morgan fingerprint density at radius 3 is 2.54 bits per heavy atom. The van der Waals surface area contributed by atoms with Crippen LogP contribution in [-0.4, -0.2) is 37.5 Å². The number of hydrogen-bond acceptors (Lipinski definition) is 5. The number of rotatable bonds is 6. The van der Waals surface area contributed by atoms with Gasteiger partial charge in [-0.15, -0.1) is 0 Å². The van der Waals surface area contributed by atoms with Gasteiger partial charge in [0.05, 0.1) is 5.92 Å². The van der Waals surface area contributed by atoms with Crippen LogP contribution in [0.25, 0.3) is 0 Å². The number of ether oxygens (including phenoxy) is 2. The minimum absolute atomic E-state index is 0.110. The molecule has 3 aromatic carbocycles. The van der Waals surface area contributed by atoms with Crippen LogP contribution >= 0.6 is 0 Å². The molecule has 8 nitrogen and oxygen atoms in total. The second-order valence-corrected chi connectivity index (χ2v) is 8.47. The van der Waals surface area contributed by atoms with Crippen LogP contribution in [0.4, 0.5) is 11.4 Å². The minimum atomic E-state index is -0.458. The lowest BCUT2D eigenvalue weighted by molar-refractivity contribution is -0.126. The third-order valence-corrected chi connectivity index (χ3v) is 6.02. The molecule has 1 fully saturated rings. The van der Waals surface area contributed by atoms with E-state index in [0.29, 0.717) is 48.2 Å². The molecule has 0 saturated carbocycles. The smallest absolute Gasteiger partial charge is 0.255 e. The van der Waals surface area contributed by atoms with Crippen molar-refractivity contribution in [2.24, 2.45) is 5.92 Å². The van der Waals surface area contributed by atoms with Crippen molar-refractivity contribution in [3.8, 4) is 11.5 Å². The van der Waals surface area contributed by atoms with Crippen molar-refractivity contribution in [1.29, 1.82) is 0 Å². The van der Waals surface area contributed by atoms with Crippen molar-refractivity contribution in [1.82, 2.24) is 5.32 Å². The van der Waals surface area contributed by atoms with Gasteiger partial charge in [-0.05, 0) is 42.0 Å². The van der Waals surface area contributed by atoms with Gasteiger partial charge in [-0.2, -0.15) is 0 Å². The first-order chi connectivity index (χ1) is 17.1. The van der Waals surface area contributed by atoms with E-state index < -0.39 is 5.92 Å². The lowest BCUT2D eigenvalue weighted by atomic mass is 10.1. The van der Waals surface area contributed by atoms with Gasteiger partial charge < -0.3 is 25.0 Å². The molecular weight excluding hydrogens is 446 g/mol. The highest BCUT2D eigenvalue weighted by atomic mass is 16.6. The Hall–Kier alpha value is -4.33. The van der Waals surface area contributed by atoms with Gasteiger partial charge in [-0.3, -0.25) is 14.4 Å². The van der Waals surface area contributed by atoms with Gasteiger partial charge in [0.15, 0.2) is 11.5 Å². The van der Waals surface area contributed by atoms with Crippen LogP contribution in [-0.2, 0) is 16.1 Å². The van der Waals surface area contributed by atoms with Gasteiger partial charge in [-0.25, -0.2) is 0 Å². The molecule has 1 atom stereocenters. The Balaban J connectivity index is 1.18. The fraction of sp³-hybridized carbons (Fsp3) is 0.222. The van der Waals surface area contributed by atoms with E-state index in [9.17, 15) is 14.4 Å². The van der Waals surface area contributed by atoms with E-state index >= 15 is 0 Å². The number of anilines is 2. The molecule has 5 rings (SSSR count). The molecule has 8 heteroatoms. The molecule has 1 unspecified atom stereocenters. The molecule has 2 N–H and O–H groups in total. The highest BCUT2D eigenvalue weighted by Gasteiger charge is 2.35. The summed E-state index contributed by atoms with van der Waals surface area (Å²) in [7, 11) is 0. The van der Waals surface area contributed by atoms with Crippen LogP contribution < -0.4 is 25.0 Å². The number of nitrogens with zero attached hydrogens (tertiary/aromatic N) is 1. The van der Waals surface area contributed by atoms with Crippen molar-refractivity contribution in [2.75, 3.05) is 30.0 Å². The summed E-state index contributed by atoms with van der Waals surface area (Å²) in [4.78, 5) is 39.6. The first-order valence-corrected chi connectivity index (χ1v) is 11.5. The lowest BCUT2D eigenvalue weighted by Crippen LogP contribution is -2.32. The third-order valence-electron chi connectivity index (χ3n) is 6.02. The number of nitrogens with one attached hydrogen (secondary N) is 2. The van der Waals surface area contributed by atoms with E-state index in [1.807, 2.05) is 36.4 Å². The summed E-state index contributed by atoms with van der Waals surface area (Å²) in [5, 5.41) is 5.76. The van der Waals surface area contributed by atoms with E-state index in [0.717, 1.165) is 5.56 Å². The predicted octanol–water partition coefficient (Wildman–Crippen LogP) is 3.38. The van der Waals surface area contributed by atoms with E-state index in [4.69, 9.17) is 9.47 Å². The van der Waals surface area contributed by atoms with E-state index in [-0.39, 0.29) is 30.7 Å². The summed E-state index contributed by atoms with van der Waals surface area (Å²) >= 11 is 0. The molecule has 35 heavy (non-hydrogen) atoms. The third kappa shape index (κ3) is 5.11. The summed E-state index contributed by atoms with van der Waals surface area (Å²) in [6, 6.07) is 21.7. The average molecular weight is 472 g/mol. The van der Waals surface area contributed by atoms with E-state index in [1.165, 1.54) is 0 Å². The fourth-order valence-corrected chi connectivity index (χ4v) is 4.21. The zero-order valence-corrected chi connectivity index (χ0v) is 19.0. The molecular formula is C27H25N3O5. The molecule has 2 aliphatic heterocycles. The van der Waals surface area contributed by atoms with Crippen LogP contribution in [0, 0.1) is 5.92 Å². The van der Waals surface area contributed by atoms with Gasteiger partial charge in [0.25, 0.3) is 5.91 Å². The maximum absolute atomic E-state index is 12.8. The molecule has 0 bridgehead atoms. The molecule has 0 aliphatic carbocycles. The Labute approximate surface area is 202 Å². The molecule has 2 aliphatic rings. The summed E-state index contributed by atoms with van der Waals surface area (Å²) in [5.41, 5.74) is 2.70. The first-order valence-electron chi connectivity index (χ1n) is 11.5. The SMILES string of the molecule is O=C(Nc1ccccc1)c1cccc(CNC(=O)C2CC(=O)N(c3ccc4c(c3)OCCO4)C2)c1. The Morgan fingerprint density at radius 1 is 0.914 bits per heavy atom. The zero-order valence-electron chi connectivity index (χ0n) is 19.0. The fourth-order valence-electron chi connectivity index (χ4n) is 4.21. The highest BCUT2D eigenvalue weighted by molar-refractivity contribution is 6.04. The number of fused-ring (bicyclic) bond motifs is 1. The second kappa shape index (κ2) is 9.89. The monoisotopic (exact) mass is 471 g/mol. The van der Waals surface area contributed by atoms with Crippen molar-refractivity contribution in [3.63, 3.8) is 0 Å². The average Bonchev–Trinajstić information content (AvgIpc) is 3.29. The molecule has 1 saturated heterocycles. The molecule has 0 aromatic heterocycles. The van der Waals surface area contributed by atoms with Crippen molar-refractivity contribution in [2.45, 2.75) is 13.0 Å². The molecule has 0 radical (unpaired) electrons. The summed E-state index contributed by atoms with van der Waals surface area (Å²) in [5.74, 6) is 0.270. The van der Waals surface area contributed by atoms with Gasteiger partial charge in [-0.1, -0.05) is 30.3 Å². The van der Waals surface area contributed by atoms with Crippen molar-refractivity contribution in [3.05, 3.63) is 83.9 Å². The number of carbonyl (C=O) groups excluding carboxylic acids is 3.